The second-order valence-electron chi connectivity index (χ2n) is 16.2. The molecule has 0 radical (unpaired) electrons. The van der Waals surface area contributed by atoms with Gasteiger partial charge < -0.3 is 15.8 Å². The van der Waals surface area contributed by atoms with Crippen LogP contribution in [0.3, 0.4) is 0 Å². The maximum Gasteiger partial charge on any atom is 0.330 e. The molecule has 0 aliphatic carbocycles. The van der Waals surface area contributed by atoms with Crippen LogP contribution in [0.5, 0.6) is 0 Å². The van der Waals surface area contributed by atoms with Crippen LogP contribution in [0.4, 0.5) is 11.4 Å². The van der Waals surface area contributed by atoms with Crippen LogP contribution in [0.25, 0.3) is 34.0 Å². The number of ether oxygens (including phenoxy) is 1. The molecule has 1 amide bonds. The highest BCUT2D eigenvalue weighted by molar-refractivity contribution is 6.54. The standard InChI is InChI=1S/C22H21ClN2O.C14H18O2.C9H7ClN2.3CH3.Al/c1-22(2,3)17-11-8-15(9-12-17)10-13-20(26)24-19-14-16-6-4-5-7-18(16)25-21(19)23;1-14(2,3)12-8-5-11(6-9-12)7-10-13(15)16-4;10-9-7(11)5-6-3-1-2-4-8(6)12-9;;;;/h4-14H,1-3H3,(H,24,26);5-10H,1-4H3;1-5H,11H2;3*1H3;/b13-10+;10-7+;;;;;. The van der Waals surface area contributed by atoms with Gasteiger partial charge in [-0.05, 0) is 69.5 Å². The first-order valence-electron chi connectivity index (χ1n) is 19.1. The second kappa shape index (κ2) is 22.3. The maximum absolute atomic E-state index is 12.2. The van der Waals surface area contributed by atoms with Crippen LogP contribution >= 0.6 is 23.2 Å². The number of benzene rings is 4. The van der Waals surface area contributed by atoms with Crippen molar-refractivity contribution in [1.82, 2.24) is 9.97 Å². The fourth-order valence-corrected chi connectivity index (χ4v) is 5.39. The first-order chi connectivity index (χ1) is 27.3. The van der Waals surface area contributed by atoms with Gasteiger partial charge in [0.25, 0.3) is 14.1 Å². The molecule has 302 valence electrons. The van der Waals surface area contributed by atoms with Crippen LogP contribution in [0.1, 0.15) is 63.8 Å². The third-order valence-electron chi connectivity index (χ3n) is 8.23. The number of anilines is 2. The molecule has 2 heterocycles. The van der Waals surface area contributed by atoms with Gasteiger partial charge in [0.15, 0.2) is 10.3 Å². The topological polar surface area (TPSA) is 107 Å². The van der Waals surface area contributed by atoms with Crippen molar-refractivity contribution in [3.63, 3.8) is 0 Å². The second-order valence-corrected chi connectivity index (χ2v) is 20.4. The van der Waals surface area contributed by atoms with Crippen LogP contribution in [-0.4, -0.2) is 43.1 Å². The number of fused-ring (bicyclic) bond motifs is 2. The van der Waals surface area contributed by atoms with E-state index in [0.29, 0.717) is 16.5 Å². The Morgan fingerprint density at radius 1 is 0.655 bits per heavy atom. The van der Waals surface area contributed by atoms with Gasteiger partial charge in [0.1, 0.15) is 0 Å². The van der Waals surface area contributed by atoms with Crippen molar-refractivity contribution >= 4 is 94.6 Å². The van der Waals surface area contributed by atoms with Gasteiger partial charge in [-0.2, -0.15) is 0 Å². The predicted molar refractivity (Wildman–Crippen MR) is 250 cm³/mol. The normalized spacial score (nSPS) is 11.2. The minimum atomic E-state index is -0.333. The number of amides is 1. The third kappa shape index (κ3) is 16.1. The summed E-state index contributed by atoms with van der Waals surface area (Å²) in [4.78, 5) is 31.5. The van der Waals surface area contributed by atoms with Crippen LogP contribution in [-0.2, 0) is 25.2 Å². The minimum absolute atomic E-state index is 0.111. The number of nitrogens with one attached hydrogen (secondary N) is 1. The highest BCUT2D eigenvalue weighted by atomic mass is 35.5. The molecular formula is C48H55AlCl2N4O3. The Morgan fingerprint density at radius 3 is 1.52 bits per heavy atom. The van der Waals surface area contributed by atoms with Crippen molar-refractivity contribution in [1.29, 1.82) is 0 Å². The summed E-state index contributed by atoms with van der Waals surface area (Å²) in [7, 11) is 1.37. The van der Waals surface area contributed by atoms with E-state index in [4.69, 9.17) is 28.9 Å². The van der Waals surface area contributed by atoms with E-state index in [1.54, 1.807) is 12.2 Å². The van der Waals surface area contributed by atoms with E-state index in [0.717, 1.165) is 32.9 Å². The molecule has 6 rings (SSSR count). The number of methoxy groups -OCH3 is 1. The average Bonchev–Trinajstić information content (AvgIpc) is 3.17. The summed E-state index contributed by atoms with van der Waals surface area (Å²) >= 11 is 11.8. The van der Waals surface area contributed by atoms with Crippen molar-refractivity contribution in [3.8, 4) is 0 Å². The van der Waals surface area contributed by atoms with Crippen molar-refractivity contribution in [2.45, 2.75) is 69.7 Å². The fourth-order valence-electron chi connectivity index (χ4n) is 5.06. The monoisotopic (exact) mass is 832 g/mol. The summed E-state index contributed by atoms with van der Waals surface area (Å²) in [6.45, 7) is 13.0. The molecule has 10 heteroatoms. The molecule has 0 unspecified atom stereocenters. The molecule has 6 aromatic rings. The quantitative estimate of drug-likeness (QED) is 0.0775. The van der Waals surface area contributed by atoms with Gasteiger partial charge in [-0.25, -0.2) is 14.8 Å². The first-order valence-corrected chi connectivity index (χ1v) is 23.3. The van der Waals surface area contributed by atoms with Crippen LogP contribution in [0, 0.1) is 0 Å². The van der Waals surface area contributed by atoms with Crippen LogP contribution < -0.4 is 11.1 Å². The summed E-state index contributed by atoms with van der Waals surface area (Å²) in [5.41, 5.74) is 13.1. The van der Waals surface area contributed by atoms with Crippen molar-refractivity contribution in [2.24, 2.45) is 0 Å². The Kier molecular flexibility index (Phi) is 18.2. The molecule has 0 fully saturated rings. The number of pyridine rings is 2. The molecule has 0 aliphatic rings. The molecule has 7 nitrogen and oxygen atoms in total. The van der Waals surface area contributed by atoms with E-state index in [9.17, 15) is 9.59 Å². The molecule has 0 saturated heterocycles. The zero-order chi connectivity index (χ0) is 43.0. The Morgan fingerprint density at radius 2 is 1.07 bits per heavy atom. The maximum atomic E-state index is 12.2. The van der Waals surface area contributed by atoms with Gasteiger partial charge in [-0.3, -0.25) is 4.79 Å². The smallest absolute Gasteiger partial charge is 0.330 e. The van der Waals surface area contributed by atoms with E-state index in [1.165, 1.54) is 30.4 Å². The van der Waals surface area contributed by atoms with E-state index in [-0.39, 0.29) is 42.0 Å². The highest BCUT2D eigenvalue weighted by Crippen LogP contribution is 2.26. The highest BCUT2D eigenvalue weighted by Gasteiger charge is 2.13. The average molecular weight is 834 g/mol. The summed E-state index contributed by atoms with van der Waals surface area (Å²) in [5, 5.41) is 5.37. The first kappa shape index (κ1) is 47.4. The molecule has 0 spiro atoms. The van der Waals surface area contributed by atoms with Gasteiger partial charge in [-0.1, -0.05) is 150 Å². The number of hydrogen-bond donors (Lipinski definition) is 2. The lowest BCUT2D eigenvalue weighted by molar-refractivity contribution is -0.134. The van der Waals surface area contributed by atoms with Crippen LogP contribution in [0.2, 0.25) is 27.7 Å². The number of carbonyl (C=O) groups is 2. The fraction of sp³-hybridized carbons (Fsp3) is 0.250. The number of nitrogen functional groups attached to an aromatic ring is 1. The number of rotatable bonds is 5. The number of hydrogen-bond acceptors (Lipinski definition) is 6. The Hall–Kier alpha value is -4.97. The summed E-state index contributed by atoms with van der Waals surface area (Å²) in [6.07, 6.45) is 6.45. The lowest BCUT2D eigenvalue weighted by Gasteiger charge is -2.18. The van der Waals surface area contributed by atoms with E-state index in [1.807, 2.05) is 84.9 Å². The molecule has 0 saturated carbocycles. The van der Waals surface area contributed by atoms with Gasteiger partial charge in [-0.15, -0.1) is 17.4 Å². The Balaban J connectivity index is 0.000000239. The molecule has 58 heavy (non-hydrogen) atoms. The molecule has 0 atom stereocenters. The van der Waals surface area contributed by atoms with E-state index in [2.05, 4.69) is 103 Å². The van der Waals surface area contributed by atoms with Gasteiger partial charge in [0, 0.05) is 22.9 Å². The lowest BCUT2D eigenvalue weighted by Crippen LogP contribution is -2.10. The molecule has 3 N–H and O–H groups in total. The summed E-state index contributed by atoms with van der Waals surface area (Å²) in [5.74, 6) is 6.34. The molecule has 0 aliphatic heterocycles. The van der Waals surface area contributed by atoms with Gasteiger partial charge in [0.05, 0.1) is 29.5 Å². The van der Waals surface area contributed by atoms with E-state index < -0.39 is 0 Å². The Labute approximate surface area is 358 Å². The number of nitrogens with two attached hydrogens (primary N) is 1. The van der Waals surface area contributed by atoms with E-state index >= 15 is 0 Å². The minimum Gasteiger partial charge on any atom is -0.466 e. The van der Waals surface area contributed by atoms with Crippen LogP contribution in [0.15, 0.2) is 121 Å². The number of aromatic nitrogens is 2. The predicted octanol–water partition coefficient (Wildman–Crippen LogP) is 12.8. The van der Waals surface area contributed by atoms with Crippen molar-refractivity contribution in [2.75, 3.05) is 18.2 Å². The number of nitrogens with zero attached hydrogens (tertiary/aromatic N) is 2. The largest absolute Gasteiger partial charge is 0.466 e. The number of esters is 1. The molecule has 0 bridgehead atoms. The number of carbonyl (C=O) groups excluding carboxylic acids is 2. The van der Waals surface area contributed by atoms with Gasteiger partial charge in [0.2, 0.25) is 5.91 Å². The number of para-hydroxylation sites is 2. The van der Waals surface area contributed by atoms with Crippen molar-refractivity contribution in [3.05, 3.63) is 154 Å². The zero-order valence-electron chi connectivity index (χ0n) is 35.2. The Bertz CT molecular complexity index is 2280. The molecule has 2 aromatic heterocycles. The third-order valence-corrected chi connectivity index (χ3v) is 8.82. The lowest BCUT2D eigenvalue weighted by atomic mass is 9.87. The SMILES string of the molecule is CC(C)(C)c1ccc(/C=C/C(=O)Nc2cc3ccccc3nc2Cl)cc1.COC(=O)/C=C/c1ccc(C(C)(C)C)cc1.Nc1cc2ccccc2nc1Cl.[CH3][Al]([CH3])[CH3]. The zero-order valence-corrected chi connectivity index (χ0v) is 37.9. The molecule has 4 aromatic carbocycles. The summed E-state index contributed by atoms with van der Waals surface area (Å²) in [6, 6.07) is 35.4. The van der Waals surface area contributed by atoms with Gasteiger partial charge >= 0.3 is 5.97 Å². The number of halogens is 2. The van der Waals surface area contributed by atoms with Crippen molar-refractivity contribution < 1.29 is 14.3 Å². The molecular weight excluding hydrogens is 778 g/mol. The summed E-state index contributed by atoms with van der Waals surface area (Å²) < 4.78 is 4.52.